The number of aromatic hydroxyl groups is 1. The van der Waals surface area contributed by atoms with Crippen LogP contribution in [0.15, 0.2) is 12.1 Å². The zero-order chi connectivity index (χ0) is 13.8. The van der Waals surface area contributed by atoms with Crippen LogP contribution in [0.1, 0.15) is 38.6 Å². The number of hydrogen-bond donors (Lipinski definition) is 3. The van der Waals surface area contributed by atoms with Gasteiger partial charge in [0.15, 0.2) is 0 Å². The fraction of sp³-hybridized carbons (Fsp3) is 0.643. The normalized spacial score (nSPS) is 13.6. The molecule has 1 heterocycles. The fourth-order valence-corrected chi connectivity index (χ4v) is 1.91. The molecule has 0 aliphatic heterocycles. The van der Waals surface area contributed by atoms with Gasteiger partial charge in [-0.05, 0) is 30.9 Å². The number of aryl methyl sites for hydroxylation is 1. The molecule has 0 fully saturated rings. The maximum Gasteiger partial charge on any atom is 0.138 e. The van der Waals surface area contributed by atoms with Crippen molar-refractivity contribution in [3.63, 3.8) is 0 Å². The molecule has 1 unspecified atom stereocenters. The van der Waals surface area contributed by atoms with E-state index in [9.17, 15) is 10.2 Å². The summed E-state index contributed by atoms with van der Waals surface area (Å²) in [7, 11) is 0. The van der Waals surface area contributed by atoms with Crippen molar-refractivity contribution in [2.24, 2.45) is 5.41 Å². The number of rotatable bonds is 5. The lowest BCUT2D eigenvalue weighted by molar-refractivity contribution is 0.197. The Balaban J connectivity index is 2.60. The van der Waals surface area contributed by atoms with Crippen LogP contribution in [-0.4, -0.2) is 27.8 Å². The molecule has 1 rings (SSSR count). The van der Waals surface area contributed by atoms with Gasteiger partial charge in [-0.25, -0.2) is 0 Å². The van der Waals surface area contributed by atoms with E-state index in [1.165, 1.54) is 0 Å². The van der Waals surface area contributed by atoms with Crippen LogP contribution in [0.5, 0.6) is 5.75 Å². The molecule has 0 aromatic carbocycles. The number of aromatic nitrogens is 1. The standard InChI is InChI=1S/C14H24N2O2/c1-10-5-6-13(18)12(16-10)8-15-11(9-17)7-14(2,3)4/h5-6,11,15,17-18H,7-9H2,1-4H3. The summed E-state index contributed by atoms with van der Waals surface area (Å²) in [5.41, 5.74) is 1.66. The van der Waals surface area contributed by atoms with Gasteiger partial charge in [0.25, 0.3) is 0 Å². The lowest BCUT2D eigenvalue weighted by Gasteiger charge is -2.25. The molecule has 0 radical (unpaired) electrons. The highest BCUT2D eigenvalue weighted by atomic mass is 16.3. The van der Waals surface area contributed by atoms with Gasteiger partial charge in [-0.2, -0.15) is 0 Å². The summed E-state index contributed by atoms with van der Waals surface area (Å²) in [4.78, 5) is 4.28. The maximum atomic E-state index is 9.69. The zero-order valence-corrected chi connectivity index (χ0v) is 11.7. The predicted molar refractivity (Wildman–Crippen MR) is 72.4 cm³/mol. The van der Waals surface area contributed by atoms with Gasteiger partial charge in [0.05, 0.1) is 12.3 Å². The second kappa shape index (κ2) is 6.16. The summed E-state index contributed by atoms with van der Waals surface area (Å²) in [6, 6.07) is 3.45. The van der Waals surface area contributed by atoms with Crippen LogP contribution in [0.4, 0.5) is 0 Å². The molecule has 3 N–H and O–H groups in total. The Morgan fingerprint density at radius 1 is 1.33 bits per heavy atom. The van der Waals surface area contributed by atoms with E-state index in [1.807, 2.05) is 6.92 Å². The zero-order valence-electron chi connectivity index (χ0n) is 11.7. The summed E-state index contributed by atoms with van der Waals surface area (Å²) >= 11 is 0. The number of nitrogens with one attached hydrogen (secondary N) is 1. The van der Waals surface area contributed by atoms with E-state index in [4.69, 9.17) is 0 Å². The third kappa shape index (κ3) is 5.02. The largest absolute Gasteiger partial charge is 0.506 e. The van der Waals surface area contributed by atoms with Gasteiger partial charge >= 0.3 is 0 Å². The van der Waals surface area contributed by atoms with Crippen molar-refractivity contribution in [1.29, 1.82) is 0 Å². The molecule has 1 aromatic rings. The Bertz CT molecular complexity index is 386. The molecule has 18 heavy (non-hydrogen) atoms. The molecule has 0 bridgehead atoms. The van der Waals surface area contributed by atoms with Gasteiger partial charge in [-0.15, -0.1) is 0 Å². The van der Waals surface area contributed by atoms with Crippen LogP contribution in [0.2, 0.25) is 0 Å². The van der Waals surface area contributed by atoms with Crippen molar-refractivity contribution < 1.29 is 10.2 Å². The third-order valence-corrected chi connectivity index (χ3v) is 2.73. The van der Waals surface area contributed by atoms with E-state index in [1.54, 1.807) is 12.1 Å². The first-order valence-corrected chi connectivity index (χ1v) is 6.31. The van der Waals surface area contributed by atoms with Gasteiger partial charge in [0.1, 0.15) is 5.75 Å². The minimum atomic E-state index is 0.0201. The molecule has 4 heteroatoms. The number of hydrogen-bond acceptors (Lipinski definition) is 4. The van der Waals surface area contributed by atoms with E-state index in [0.29, 0.717) is 12.2 Å². The highest BCUT2D eigenvalue weighted by Crippen LogP contribution is 2.21. The van der Waals surface area contributed by atoms with Gasteiger partial charge in [-0.1, -0.05) is 20.8 Å². The van der Waals surface area contributed by atoms with Gasteiger partial charge in [-0.3, -0.25) is 4.98 Å². The first-order chi connectivity index (χ1) is 8.31. The van der Waals surface area contributed by atoms with Crippen molar-refractivity contribution in [2.75, 3.05) is 6.61 Å². The smallest absolute Gasteiger partial charge is 0.138 e. The van der Waals surface area contributed by atoms with E-state index in [2.05, 4.69) is 31.1 Å². The van der Waals surface area contributed by atoms with E-state index in [-0.39, 0.29) is 23.8 Å². The lowest BCUT2D eigenvalue weighted by Crippen LogP contribution is -2.35. The molecule has 0 saturated carbocycles. The van der Waals surface area contributed by atoms with Crippen molar-refractivity contribution in [2.45, 2.75) is 46.7 Å². The lowest BCUT2D eigenvalue weighted by atomic mass is 9.88. The number of nitrogens with zero attached hydrogens (tertiary/aromatic N) is 1. The minimum absolute atomic E-state index is 0.0201. The van der Waals surface area contributed by atoms with Gasteiger partial charge in [0, 0.05) is 18.3 Å². The Morgan fingerprint density at radius 3 is 2.56 bits per heavy atom. The average Bonchev–Trinajstić information content (AvgIpc) is 2.27. The van der Waals surface area contributed by atoms with Crippen molar-refractivity contribution in [3.05, 3.63) is 23.5 Å². The molecular weight excluding hydrogens is 228 g/mol. The number of pyridine rings is 1. The number of aliphatic hydroxyl groups is 1. The molecular formula is C14H24N2O2. The molecule has 102 valence electrons. The highest BCUT2D eigenvalue weighted by molar-refractivity contribution is 5.27. The molecule has 0 aliphatic carbocycles. The Labute approximate surface area is 109 Å². The Morgan fingerprint density at radius 2 is 2.00 bits per heavy atom. The van der Waals surface area contributed by atoms with Crippen LogP contribution in [0.3, 0.4) is 0 Å². The maximum absolute atomic E-state index is 9.69. The second-order valence-corrected chi connectivity index (χ2v) is 5.94. The molecule has 1 atom stereocenters. The van der Waals surface area contributed by atoms with Crippen molar-refractivity contribution in [1.82, 2.24) is 10.3 Å². The van der Waals surface area contributed by atoms with Crippen LogP contribution >= 0.6 is 0 Å². The number of aliphatic hydroxyl groups excluding tert-OH is 1. The van der Waals surface area contributed by atoms with Crippen LogP contribution in [-0.2, 0) is 6.54 Å². The molecule has 4 nitrogen and oxygen atoms in total. The molecule has 1 aromatic heterocycles. The summed E-state index contributed by atoms with van der Waals surface area (Å²) < 4.78 is 0. The molecule has 0 aliphatic rings. The summed E-state index contributed by atoms with van der Waals surface area (Å²) in [6.45, 7) is 8.86. The topological polar surface area (TPSA) is 65.4 Å². The van der Waals surface area contributed by atoms with E-state index in [0.717, 1.165) is 12.1 Å². The van der Waals surface area contributed by atoms with E-state index < -0.39 is 0 Å². The molecule has 0 spiro atoms. The van der Waals surface area contributed by atoms with Crippen molar-refractivity contribution >= 4 is 0 Å². The van der Waals surface area contributed by atoms with E-state index >= 15 is 0 Å². The summed E-state index contributed by atoms with van der Waals surface area (Å²) in [5, 5.41) is 22.3. The Hall–Kier alpha value is -1.13. The van der Waals surface area contributed by atoms with Crippen molar-refractivity contribution in [3.8, 4) is 5.75 Å². The molecule has 0 amide bonds. The highest BCUT2D eigenvalue weighted by Gasteiger charge is 2.18. The first-order valence-electron chi connectivity index (χ1n) is 6.31. The third-order valence-electron chi connectivity index (χ3n) is 2.73. The fourth-order valence-electron chi connectivity index (χ4n) is 1.91. The predicted octanol–water partition coefficient (Wildman–Crippen LogP) is 1.98. The van der Waals surface area contributed by atoms with Crippen LogP contribution in [0.25, 0.3) is 0 Å². The van der Waals surface area contributed by atoms with Crippen LogP contribution < -0.4 is 5.32 Å². The quantitative estimate of drug-likeness (QED) is 0.749. The van der Waals surface area contributed by atoms with Gasteiger partial charge in [0.2, 0.25) is 0 Å². The SMILES string of the molecule is Cc1ccc(O)c(CNC(CO)CC(C)(C)C)n1. The minimum Gasteiger partial charge on any atom is -0.506 e. The summed E-state index contributed by atoms with van der Waals surface area (Å²) in [6.07, 6.45) is 0.871. The monoisotopic (exact) mass is 252 g/mol. The van der Waals surface area contributed by atoms with Crippen LogP contribution in [0, 0.1) is 12.3 Å². The average molecular weight is 252 g/mol. The second-order valence-electron chi connectivity index (χ2n) is 5.94. The first kappa shape index (κ1) is 14.9. The Kier molecular flexibility index (Phi) is 5.11. The van der Waals surface area contributed by atoms with Gasteiger partial charge < -0.3 is 15.5 Å². The summed E-state index contributed by atoms with van der Waals surface area (Å²) in [5.74, 6) is 0.195. The molecule has 0 saturated heterocycles.